The highest BCUT2D eigenvalue weighted by Gasteiger charge is 2.15. The van der Waals surface area contributed by atoms with Crippen LogP contribution in [0, 0.1) is 0 Å². The Balaban J connectivity index is 2.09. The maximum atomic E-state index is 5.43. The summed E-state index contributed by atoms with van der Waals surface area (Å²) in [5.74, 6) is 0.0488. The van der Waals surface area contributed by atoms with Gasteiger partial charge in [0.2, 0.25) is 0 Å². The standard InChI is InChI=1S/C20H23N5/c1-20(2,3)14-10-8-13(9-11-14)18-16-7-5-4-6-15(16)17(24-25-18)12-23-19(21)22/h4-11H,12H2,1-3H3,(H4,21,22,23). The molecule has 0 spiro atoms. The largest absolute Gasteiger partial charge is 0.370 e. The number of fused-ring (bicyclic) bond motifs is 1. The molecule has 5 heteroatoms. The lowest BCUT2D eigenvalue weighted by Crippen LogP contribution is -2.22. The van der Waals surface area contributed by atoms with Crippen molar-refractivity contribution in [1.29, 1.82) is 0 Å². The van der Waals surface area contributed by atoms with Gasteiger partial charge in [-0.3, -0.25) is 0 Å². The Morgan fingerprint density at radius 3 is 2.16 bits per heavy atom. The van der Waals surface area contributed by atoms with E-state index in [4.69, 9.17) is 11.5 Å². The maximum absolute atomic E-state index is 5.43. The van der Waals surface area contributed by atoms with Crippen molar-refractivity contribution in [3.63, 3.8) is 0 Å². The van der Waals surface area contributed by atoms with E-state index in [1.165, 1.54) is 5.56 Å². The van der Waals surface area contributed by atoms with Gasteiger partial charge in [0.15, 0.2) is 5.96 Å². The highest BCUT2D eigenvalue weighted by atomic mass is 15.1. The van der Waals surface area contributed by atoms with Gasteiger partial charge in [0, 0.05) is 16.3 Å². The molecule has 0 saturated carbocycles. The summed E-state index contributed by atoms with van der Waals surface area (Å²) in [6.45, 7) is 6.93. The first kappa shape index (κ1) is 16.9. The third-order valence-electron chi connectivity index (χ3n) is 4.20. The summed E-state index contributed by atoms with van der Waals surface area (Å²) < 4.78 is 0. The monoisotopic (exact) mass is 333 g/mol. The maximum Gasteiger partial charge on any atom is 0.186 e. The first-order valence-corrected chi connectivity index (χ1v) is 8.27. The van der Waals surface area contributed by atoms with Gasteiger partial charge in [-0.1, -0.05) is 69.3 Å². The molecule has 0 radical (unpaired) electrons. The molecule has 0 bridgehead atoms. The van der Waals surface area contributed by atoms with Crippen LogP contribution in [-0.4, -0.2) is 16.2 Å². The Kier molecular flexibility index (Phi) is 4.40. The highest BCUT2D eigenvalue weighted by molar-refractivity contribution is 5.95. The van der Waals surface area contributed by atoms with Crippen LogP contribution >= 0.6 is 0 Å². The van der Waals surface area contributed by atoms with Gasteiger partial charge in [0.05, 0.1) is 12.2 Å². The lowest BCUT2D eigenvalue weighted by Gasteiger charge is -2.19. The molecule has 0 amide bonds. The second-order valence-corrected chi connectivity index (χ2v) is 7.11. The number of hydrogen-bond donors (Lipinski definition) is 2. The van der Waals surface area contributed by atoms with Crippen molar-refractivity contribution >= 4 is 16.7 Å². The smallest absolute Gasteiger partial charge is 0.186 e. The van der Waals surface area contributed by atoms with E-state index in [1.807, 2.05) is 18.2 Å². The fourth-order valence-corrected chi connectivity index (χ4v) is 2.78. The molecule has 0 aliphatic carbocycles. The molecule has 0 saturated heterocycles. The number of benzene rings is 2. The van der Waals surface area contributed by atoms with Gasteiger partial charge in [-0.05, 0) is 11.0 Å². The van der Waals surface area contributed by atoms with Crippen LogP contribution in [0.4, 0.5) is 0 Å². The molecular formula is C20H23N5. The van der Waals surface area contributed by atoms with E-state index in [9.17, 15) is 0 Å². The molecule has 0 aliphatic rings. The van der Waals surface area contributed by atoms with Crippen LogP contribution in [0.2, 0.25) is 0 Å². The number of hydrogen-bond acceptors (Lipinski definition) is 3. The number of nitrogens with zero attached hydrogens (tertiary/aromatic N) is 3. The van der Waals surface area contributed by atoms with Crippen molar-refractivity contribution in [2.24, 2.45) is 16.5 Å². The minimum absolute atomic E-state index is 0.0488. The zero-order chi connectivity index (χ0) is 18.0. The molecule has 2 aromatic carbocycles. The predicted octanol–water partition coefficient (Wildman–Crippen LogP) is 3.37. The van der Waals surface area contributed by atoms with Crippen LogP contribution in [0.1, 0.15) is 32.0 Å². The minimum Gasteiger partial charge on any atom is -0.370 e. The lowest BCUT2D eigenvalue weighted by molar-refractivity contribution is 0.590. The van der Waals surface area contributed by atoms with Gasteiger partial charge >= 0.3 is 0 Å². The molecule has 3 rings (SSSR count). The number of aromatic nitrogens is 2. The van der Waals surface area contributed by atoms with Gasteiger partial charge in [0.1, 0.15) is 5.69 Å². The SMILES string of the molecule is CC(C)(C)c1ccc(-c2nnc(CN=C(N)N)c3ccccc23)cc1. The van der Waals surface area contributed by atoms with Crippen molar-refractivity contribution < 1.29 is 0 Å². The third kappa shape index (κ3) is 3.60. The highest BCUT2D eigenvalue weighted by Crippen LogP contribution is 2.30. The number of guanidine groups is 1. The van der Waals surface area contributed by atoms with Crippen LogP contribution in [0.3, 0.4) is 0 Å². The Morgan fingerprint density at radius 1 is 0.920 bits per heavy atom. The average molecular weight is 333 g/mol. The first-order chi connectivity index (χ1) is 11.9. The molecule has 3 aromatic rings. The summed E-state index contributed by atoms with van der Waals surface area (Å²) >= 11 is 0. The summed E-state index contributed by atoms with van der Waals surface area (Å²) in [6, 6.07) is 16.6. The average Bonchev–Trinajstić information content (AvgIpc) is 2.59. The molecule has 1 heterocycles. The number of rotatable bonds is 3. The molecular weight excluding hydrogens is 310 g/mol. The van der Waals surface area contributed by atoms with Crippen molar-refractivity contribution in [3.05, 3.63) is 59.8 Å². The molecule has 25 heavy (non-hydrogen) atoms. The van der Waals surface area contributed by atoms with E-state index in [0.29, 0.717) is 6.54 Å². The molecule has 0 aliphatic heterocycles. The molecule has 128 valence electrons. The topological polar surface area (TPSA) is 90.2 Å². The summed E-state index contributed by atoms with van der Waals surface area (Å²) in [6.07, 6.45) is 0. The number of aliphatic imine (C=N–C) groups is 1. The molecule has 0 unspecified atom stereocenters. The van der Waals surface area contributed by atoms with E-state index < -0.39 is 0 Å². The summed E-state index contributed by atoms with van der Waals surface area (Å²) in [5, 5.41) is 10.9. The Labute approximate surface area is 147 Å². The second-order valence-electron chi connectivity index (χ2n) is 7.11. The van der Waals surface area contributed by atoms with Crippen LogP contribution in [0.5, 0.6) is 0 Å². The summed E-state index contributed by atoms with van der Waals surface area (Å²) in [5.41, 5.74) is 15.0. The van der Waals surface area contributed by atoms with E-state index in [2.05, 4.69) is 66.3 Å². The van der Waals surface area contributed by atoms with E-state index >= 15 is 0 Å². The quantitative estimate of drug-likeness (QED) is 0.568. The normalized spacial score (nSPS) is 11.5. The summed E-state index contributed by atoms with van der Waals surface area (Å²) in [7, 11) is 0. The van der Waals surface area contributed by atoms with E-state index in [0.717, 1.165) is 27.7 Å². The van der Waals surface area contributed by atoms with Crippen LogP contribution < -0.4 is 11.5 Å². The first-order valence-electron chi connectivity index (χ1n) is 8.27. The fourth-order valence-electron chi connectivity index (χ4n) is 2.78. The zero-order valence-corrected chi connectivity index (χ0v) is 14.8. The number of nitrogens with two attached hydrogens (primary N) is 2. The van der Waals surface area contributed by atoms with E-state index in [-0.39, 0.29) is 11.4 Å². The van der Waals surface area contributed by atoms with Gasteiger partial charge in [-0.25, -0.2) is 4.99 Å². The lowest BCUT2D eigenvalue weighted by atomic mass is 9.86. The van der Waals surface area contributed by atoms with Crippen molar-refractivity contribution in [2.75, 3.05) is 0 Å². The Bertz CT molecular complexity index is 917. The van der Waals surface area contributed by atoms with E-state index in [1.54, 1.807) is 0 Å². The van der Waals surface area contributed by atoms with Crippen LogP contribution in [-0.2, 0) is 12.0 Å². The Hall–Kier alpha value is -2.95. The summed E-state index contributed by atoms with van der Waals surface area (Å²) in [4.78, 5) is 4.06. The van der Waals surface area contributed by atoms with Crippen molar-refractivity contribution in [3.8, 4) is 11.3 Å². The van der Waals surface area contributed by atoms with Gasteiger partial charge in [-0.15, -0.1) is 5.10 Å². The van der Waals surface area contributed by atoms with Crippen LogP contribution in [0.15, 0.2) is 53.5 Å². The van der Waals surface area contributed by atoms with Crippen molar-refractivity contribution in [2.45, 2.75) is 32.7 Å². The molecule has 0 fully saturated rings. The third-order valence-corrected chi connectivity index (χ3v) is 4.20. The minimum atomic E-state index is 0.0488. The van der Waals surface area contributed by atoms with Gasteiger partial charge < -0.3 is 11.5 Å². The van der Waals surface area contributed by atoms with Crippen molar-refractivity contribution in [1.82, 2.24) is 10.2 Å². The molecule has 5 nitrogen and oxygen atoms in total. The molecule has 4 N–H and O–H groups in total. The van der Waals surface area contributed by atoms with Gasteiger partial charge in [-0.2, -0.15) is 5.10 Å². The fraction of sp³-hybridized carbons (Fsp3) is 0.250. The Morgan fingerprint density at radius 2 is 1.56 bits per heavy atom. The van der Waals surface area contributed by atoms with Gasteiger partial charge in [0.25, 0.3) is 0 Å². The molecule has 1 aromatic heterocycles. The molecule has 0 atom stereocenters. The van der Waals surface area contributed by atoms with Crippen LogP contribution in [0.25, 0.3) is 22.0 Å². The zero-order valence-electron chi connectivity index (χ0n) is 14.8. The predicted molar refractivity (Wildman–Crippen MR) is 103 cm³/mol. The second kappa shape index (κ2) is 6.51.